The molecule has 0 fully saturated rings. The van der Waals surface area contributed by atoms with Crippen LogP contribution in [0.4, 0.5) is 14.9 Å². The minimum Gasteiger partial charge on any atom is -0.450 e. The molecule has 0 unspecified atom stereocenters. The average Bonchev–Trinajstić information content (AvgIpc) is 3.23. The van der Waals surface area contributed by atoms with Gasteiger partial charge in [-0.25, -0.2) is 19.3 Å². The zero-order chi connectivity index (χ0) is 23.7. The monoisotopic (exact) mass is 456 g/mol. The van der Waals surface area contributed by atoms with Crippen molar-refractivity contribution in [3.05, 3.63) is 93.7 Å². The first kappa shape index (κ1) is 21.5. The lowest BCUT2D eigenvalue weighted by molar-refractivity contribution is 0.157. The van der Waals surface area contributed by atoms with E-state index in [1.54, 1.807) is 37.3 Å². The number of fused-ring (bicyclic) bond motifs is 2. The van der Waals surface area contributed by atoms with Gasteiger partial charge in [0, 0.05) is 23.8 Å². The molecule has 0 saturated carbocycles. The number of benzene rings is 3. The fraction of sp³-hybridized carbons (Fsp3) is 0.154. The van der Waals surface area contributed by atoms with Gasteiger partial charge >= 0.3 is 6.09 Å². The summed E-state index contributed by atoms with van der Waals surface area (Å²) in [6.07, 6.45) is 0.159. The third kappa shape index (κ3) is 4.05. The Bertz CT molecular complexity index is 1510. The highest BCUT2D eigenvalue weighted by Crippen LogP contribution is 2.34. The molecule has 1 amide bonds. The zero-order valence-corrected chi connectivity index (χ0v) is 18.4. The van der Waals surface area contributed by atoms with Crippen LogP contribution in [0.1, 0.15) is 23.7 Å². The van der Waals surface area contributed by atoms with E-state index in [0.29, 0.717) is 51.1 Å². The van der Waals surface area contributed by atoms with Crippen molar-refractivity contribution in [3.8, 4) is 11.1 Å². The number of aromatic amines is 1. The number of nitrogens with one attached hydrogen (secondary N) is 2. The van der Waals surface area contributed by atoms with Crippen LogP contribution in [0.5, 0.6) is 0 Å². The second kappa shape index (κ2) is 8.90. The van der Waals surface area contributed by atoms with Gasteiger partial charge in [0.05, 0.1) is 23.4 Å². The summed E-state index contributed by atoms with van der Waals surface area (Å²) in [6, 6.07) is 17.9. The first-order chi connectivity index (χ1) is 16.5. The summed E-state index contributed by atoms with van der Waals surface area (Å²) in [5, 5.41) is 10.5. The number of amidine groups is 1. The number of amides is 1. The lowest BCUT2D eigenvalue weighted by Crippen LogP contribution is -2.30. The molecule has 1 aliphatic heterocycles. The molecule has 7 nitrogen and oxygen atoms in total. The first-order valence-electron chi connectivity index (χ1n) is 10.9. The Labute approximate surface area is 194 Å². The predicted octanol–water partition coefficient (Wildman–Crippen LogP) is 4.65. The molecule has 0 saturated heterocycles. The fourth-order valence-electron chi connectivity index (χ4n) is 4.13. The van der Waals surface area contributed by atoms with Crippen LogP contribution in [-0.4, -0.2) is 28.7 Å². The highest BCUT2D eigenvalue weighted by atomic mass is 19.1. The largest absolute Gasteiger partial charge is 0.450 e. The van der Waals surface area contributed by atoms with Crippen LogP contribution >= 0.6 is 0 Å². The Morgan fingerprint density at radius 2 is 1.94 bits per heavy atom. The smallest absolute Gasteiger partial charge is 0.412 e. The normalized spacial score (nSPS) is 12.4. The van der Waals surface area contributed by atoms with Crippen LogP contribution in [0.2, 0.25) is 0 Å². The Balaban J connectivity index is 1.46. The summed E-state index contributed by atoms with van der Waals surface area (Å²) in [7, 11) is 0. The van der Waals surface area contributed by atoms with Gasteiger partial charge in [-0.15, -0.1) is 0 Å². The van der Waals surface area contributed by atoms with Gasteiger partial charge in [0.15, 0.2) is 0 Å². The van der Waals surface area contributed by atoms with Gasteiger partial charge in [-0.1, -0.05) is 48.5 Å². The van der Waals surface area contributed by atoms with Crippen LogP contribution in [0, 0.1) is 5.82 Å². The minimum absolute atomic E-state index is 0.230. The molecule has 34 heavy (non-hydrogen) atoms. The second-order valence-corrected chi connectivity index (χ2v) is 7.92. The van der Waals surface area contributed by atoms with E-state index in [1.165, 1.54) is 0 Å². The molecular formula is C26H21FN4O3. The molecule has 0 aliphatic carbocycles. The summed E-state index contributed by atoms with van der Waals surface area (Å²) >= 11 is 0. The van der Waals surface area contributed by atoms with Gasteiger partial charge in [-0.3, -0.25) is 10.1 Å². The number of alkyl carbamates (subject to hydrolysis) is 1. The number of hydrogen-bond acceptors (Lipinski definition) is 5. The van der Waals surface area contributed by atoms with Gasteiger partial charge < -0.3 is 4.74 Å². The molecule has 5 rings (SSSR count). The molecule has 2 N–H and O–H groups in total. The third-order valence-electron chi connectivity index (χ3n) is 5.74. The van der Waals surface area contributed by atoms with E-state index in [-0.39, 0.29) is 24.4 Å². The van der Waals surface area contributed by atoms with Crippen LogP contribution in [0.15, 0.2) is 70.5 Å². The number of nitrogens with zero attached hydrogens (tertiary/aromatic N) is 2. The number of aromatic nitrogens is 2. The number of rotatable bonds is 4. The van der Waals surface area contributed by atoms with Crippen molar-refractivity contribution in [3.63, 3.8) is 0 Å². The van der Waals surface area contributed by atoms with Gasteiger partial charge in [0.2, 0.25) is 0 Å². The standard InChI is InChI=1S/C26H21FN4O3/c1-2-34-26(33)29-23-14-16-11-10-15(12-21(16)28-23)18-9-5-6-17(24(18)27)13-22-19-7-3-4-8-20(19)25(32)31-30-22/h3-12H,2,13-14H2,1H3,(H,31,32)(H,28,29,33). The summed E-state index contributed by atoms with van der Waals surface area (Å²) < 4.78 is 20.5. The average molecular weight is 456 g/mol. The molecule has 0 bridgehead atoms. The Morgan fingerprint density at radius 1 is 1.12 bits per heavy atom. The molecule has 4 aromatic rings. The maximum absolute atomic E-state index is 15.6. The number of H-pyrrole nitrogens is 1. The lowest BCUT2D eigenvalue weighted by Gasteiger charge is -2.10. The van der Waals surface area contributed by atoms with Crippen LogP contribution in [0.3, 0.4) is 0 Å². The van der Waals surface area contributed by atoms with Crippen LogP contribution in [-0.2, 0) is 17.6 Å². The highest BCUT2D eigenvalue weighted by molar-refractivity contribution is 6.01. The van der Waals surface area contributed by atoms with Gasteiger partial charge in [-0.05, 0) is 35.7 Å². The van der Waals surface area contributed by atoms with Crippen molar-refractivity contribution in [1.29, 1.82) is 0 Å². The number of carbonyl (C=O) groups is 1. The maximum Gasteiger partial charge on any atom is 0.412 e. The summed E-state index contributed by atoms with van der Waals surface area (Å²) in [4.78, 5) is 28.2. The van der Waals surface area contributed by atoms with Crippen molar-refractivity contribution in [2.45, 2.75) is 19.8 Å². The number of halogens is 1. The molecule has 2 heterocycles. The second-order valence-electron chi connectivity index (χ2n) is 7.92. The van der Waals surface area contributed by atoms with E-state index in [4.69, 9.17) is 4.74 Å². The highest BCUT2D eigenvalue weighted by Gasteiger charge is 2.19. The van der Waals surface area contributed by atoms with Crippen molar-refractivity contribution in [2.24, 2.45) is 4.99 Å². The van der Waals surface area contributed by atoms with Crippen molar-refractivity contribution >= 4 is 28.4 Å². The van der Waals surface area contributed by atoms with Crippen LogP contribution < -0.4 is 10.9 Å². The van der Waals surface area contributed by atoms with E-state index in [1.807, 2.05) is 30.3 Å². The minimum atomic E-state index is -0.545. The maximum atomic E-state index is 15.6. The summed E-state index contributed by atoms with van der Waals surface area (Å²) in [6.45, 7) is 2.01. The Hall–Kier alpha value is -4.33. The summed E-state index contributed by atoms with van der Waals surface area (Å²) in [5.41, 5.74) is 3.53. The first-order valence-corrected chi connectivity index (χ1v) is 10.9. The summed E-state index contributed by atoms with van der Waals surface area (Å²) in [5.74, 6) is 0.141. The quantitative estimate of drug-likeness (QED) is 0.467. The van der Waals surface area contributed by atoms with Gasteiger partial charge in [-0.2, -0.15) is 5.10 Å². The van der Waals surface area contributed by atoms with Gasteiger partial charge in [0.1, 0.15) is 11.7 Å². The Morgan fingerprint density at radius 3 is 2.76 bits per heavy atom. The number of aliphatic imine (C=N–C) groups is 1. The zero-order valence-electron chi connectivity index (χ0n) is 18.4. The Kier molecular flexibility index (Phi) is 5.63. The molecule has 0 atom stereocenters. The molecular weight excluding hydrogens is 435 g/mol. The molecule has 3 aromatic carbocycles. The molecule has 1 aliphatic rings. The predicted molar refractivity (Wildman–Crippen MR) is 128 cm³/mol. The molecule has 1 aromatic heterocycles. The SMILES string of the molecule is CCOC(=O)NC1=Nc2cc(-c3cccc(Cc4n[nH]c(=O)c5ccccc45)c3F)ccc2C1. The lowest BCUT2D eigenvalue weighted by atomic mass is 9.97. The van der Waals surface area contributed by atoms with Crippen LogP contribution in [0.25, 0.3) is 21.9 Å². The van der Waals surface area contributed by atoms with Gasteiger partial charge in [0.25, 0.3) is 5.56 Å². The number of hydrogen-bond donors (Lipinski definition) is 2. The molecule has 8 heteroatoms. The topological polar surface area (TPSA) is 96.4 Å². The molecule has 0 radical (unpaired) electrons. The van der Waals surface area contributed by atoms with E-state index in [9.17, 15) is 9.59 Å². The fourth-order valence-corrected chi connectivity index (χ4v) is 4.13. The van der Waals surface area contributed by atoms with E-state index in [0.717, 1.165) is 5.56 Å². The van der Waals surface area contributed by atoms with Crippen molar-refractivity contribution in [1.82, 2.24) is 15.5 Å². The van der Waals surface area contributed by atoms with Crippen molar-refractivity contribution < 1.29 is 13.9 Å². The molecule has 170 valence electrons. The third-order valence-corrected chi connectivity index (χ3v) is 5.74. The molecule has 0 spiro atoms. The van der Waals surface area contributed by atoms with E-state index >= 15 is 4.39 Å². The number of carbonyl (C=O) groups excluding carboxylic acids is 1. The van der Waals surface area contributed by atoms with Crippen molar-refractivity contribution in [2.75, 3.05) is 6.61 Å². The van der Waals surface area contributed by atoms with E-state index < -0.39 is 6.09 Å². The van der Waals surface area contributed by atoms with E-state index in [2.05, 4.69) is 20.5 Å². The number of ether oxygens (including phenoxy) is 1.